The van der Waals surface area contributed by atoms with Crippen LogP contribution in [0.4, 0.5) is 5.69 Å². The molecular weight excluding hydrogens is 242 g/mol. The summed E-state index contributed by atoms with van der Waals surface area (Å²) >= 11 is 0. The zero-order valence-electron chi connectivity index (χ0n) is 11.1. The number of anilines is 1. The Morgan fingerprint density at radius 3 is 2.63 bits per heavy atom. The van der Waals surface area contributed by atoms with Crippen LogP contribution in [0.25, 0.3) is 0 Å². The van der Waals surface area contributed by atoms with Crippen molar-refractivity contribution in [3.05, 3.63) is 29.8 Å². The van der Waals surface area contributed by atoms with Gasteiger partial charge in [-0.3, -0.25) is 9.59 Å². The predicted molar refractivity (Wildman–Crippen MR) is 73.0 cm³/mol. The monoisotopic (exact) mass is 261 g/mol. The van der Waals surface area contributed by atoms with Gasteiger partial charge in [0.1, 0.15) is 0 Å². The van der Waals surface area contributed by atoms with Crippen LogP contribution in [0.1, 0.15) is 38.2 Å². The Kier molecular flexibility index (Phi) is 3.88. The average molecular weight is 261 g/mol. The fourth-order valence-electron chi connectivity index (χ4n) is 2.54. The van der Waals surface area contributed by atoms with Crippen molar-refractivity contribution in [2.75, 3.05) is 5.32 Å². The van der Waals surface area contributed by atoms with Gasteiger partial charge in [0.05, 0.1) is 6.42 Å². The number of rotatable bonds is 5. The molecule has 0 spiro atoms. The van der Waals surface area contributed by atoms with Crippen LogP contribution in [-0.2, 0) is 16.0 Å². The summed E-state index contributed by atoms with van der Waals surface area (Å²) in [5.74, 6) is -0.804. The number of benzene rings is 1. The van der Waals surface area contributed by atoms with Gasteiger partial charge in [0.25, 0.3) is 0 Å². The van der Waals surface area contributed by atoms with Crippen LogP contribution in [0.15, 0.2) is 24.3 Å². The zero-order chi connectivity index (χ0) is 13.9. The molecule has 2 N–H and O–H groups in total. The smallest absolute Gasteiger partial charge is 0.307 e. The second-order valence-corrected chi connectivity index (χ2v) is 5.21. The summed E-state index contributed by atoms with van der Waals surface area (Å²) < 4.78 is 0. The molecular formula is C15H19NO3. The molecule has 1 aromatic carbocycles. The highest BCUT2D eigenvalue weighted by atomic mass is 16.4. The van der Waals surface area contributed by atoms with Gasteiger partial charge in [0.15, 0.2) is 0 Å². The molecule has 0 aromatic heterocycles. The third-order valence-corrected chi connectivity index (χ3v) is 4.01. The fraction of sp³-hybridized carbons (Fsp3) is 0.467. The summed E-state index contributed by atoms with van der Waals surface area (Å²) in [6.45, 7) is 2.04. The number of carbonyl (C=O) groups excluding carboxylic acids is 1. The normalized spacial score (nSPS) is 16.5. The molecule has 1 saturated carbocycles. The van der Waals surface area contributed by atoms with E-state index in [9.17, 15) is 9.59 Å². The molecule has 0 aliphatic heterocycles. The minimum atomic E-state index is -0.868. The van der Waals surface area contributed by atoms with Crippen LogP contribution in [0.2, 0.25) is 0 Å². The maximum absolute atomic E-state index is 12.3. The SMILES string of the molecule is CCC1(C(=O)Nc2cccc(CC(=O)O)c2)CCC1. The molecule has 0 radical (unpaired) electrons. The van der Waals surface area contributed by atoms with E-state index in [4.69, 9.17) is 5.11 Å². The second-order valence-electron chi connectivity index (χ2n) is 5.21. The first-order chi connectivity index (χ1) is 9.05. The van der Waals surface area contributed by atoms with E-state index in [2.05, 4.69) is 5.32 Å². The lowest BCUT2D eigenvalue weighted by atomic mass is 9.66. The van der Waals surface area contributed by atoms with Crippen molar-refractivity contribution in [3.63, 3.8) is 0 Å². The number of hydrogen-bond acceptors (Lipinski definition) is 2. The van der Waals surface area contributed by atoms with Crippen LogP contribution < -0.4 is 5.32 Å². The Balaban J connectivity index is 2.06. The van der Waals surface area contributed by atoms with Gasteiger partial charge in [0.2, 0.25) is 5.91 Å². The van der Waals surface area contributed by atoms with Crippen molar-refractivity contribution in [2.45, 2.75) is 39.0 Å². The largest absolute Gasteiger partial charge is 0.481 e. The first-order valence-electron chi connectivity index (χ1n) is 6.68. The standard InChI is InChI=1S/C15H19NO3/c1-2-15(7-4-8-15)14(19)16-12-6-3-5-11(9-12)10-13(17)18/h3,5-6,9H,2,4,7-8,10H2,1H3,(H,16,19)(H,17,18). The van der Waals surface area contributed by atoms with Gasteiger partial charge in [-0.15, -0.1) is 0 Å². The molecule has 0 heterocycles. The molecule has 1 aliphatic rings. The Bertz CT molecular complexity index is 486. The van der Waals surface area contributed by atoms with Crippen LogP contribution in [-0.4, -0.2) is 17.0 Å². The van der Waals surface area contributed by atoms with Gasteiger partial charge in [-0.1, -0.05) is 25.5 Å². The lowest BCUT2D eigenvalue weighted by Gasteiger charge is -2.39. The van der Waals surface area contributed by atoms with Gasteiger partial charge >= 0.3 is 5.97 Å². The Morgan fingerprint density at radius 2 is 2.11 bits per heavy atom. The molecule has 1 fully saturated rings. The van der Waals surface area contributed by atoms with Crippen molar-refractivity contribution in [3.8, 4) is 0 Å². The quantitative estimate of drug-likeness (QED) is 0.856. The molecule has 2 rings (SSSR count). The van der Waals surface area contributed by atoms with Gasteiger partial charge < -0.3 is 10.4 Å². The summed E-state index contributed by atoms with van der Waals surface area (Å²) in [7, 11) is 0. The van der Waals surface area contributed by atoms with Crippen molar-refractivity contribution in [2.24, 2.45) is 5.41 Å². The van der Waals surface area contributed by atoms with E-state index in [0.29, 0.717) is 11.3 Å². The first-order valence-corrected chi connectivity index (χ1v) is 6.68. The van der Waals surface area contributed by atoms with E-state index in [-0.39, 0.29) is 17.7 Å². The molecule has 4 nitrogen and oxygen atoms in total. The molecule has 0 bridgehead atoms. The predicted octanol–water partition coefficient (Wildman–Crippen LogP) is 2.83. The molecule has 0 atom stereocenters. The molecule has 1 amide bonds. The third kappa shape index (κ3) is 2.95. The summed E-state index contributed by atoms with van der Waals surface area (Å²) in [6, 6.07) is 7.05. The highest BCUT2D eigenvalue weighted by molar-refractivity contribution is 5.96. The molecule has 0 saturated heterocycles. The summed E-state index contributed by atoms with van der Waals surface area (Å²) in [5.41, 5.74) is 1.18. The molecule has 4 heteroatoms. The Hall–Kier alpha value is -1.84. The highest BCUT2D eigenvalue weighted by Gasteiger charge is 2.42. The topological polar surface area (TPSA) is 66.4 Å². The van der Waals surface area contributed by atoms with Crippen LogP contribution in [0.5, 0.6) is 0 Å². The van der Waals surface area contributed by atoms with Crippen molar-refractivity contribution in [1.82, 2.24) is 0 Å². The zero-order valence-corrected chi connectivity index (χ0v) is 11.1. The lowest BCUT2D eigenvalue weighted by molar-refractivity contribution is -0.136. The number of aliphatic carboxylic acids is 1. The third-order valence-electron chi connectivity index (χ3n) is 4.01. The Morgan fingerprint density at radius 1 is 1.37 bits per heavy atom. The van der Waals surface area contributed by atoms with Gasteiger partial charge in [-0.2, -0.15) is 0 Å². The Labute approximate surface area is 112 Å². The van der Waals surface area contributed by atoms with Gasteiger partial charge in [-0.05, 0) is 37.0 Å². The van der Waals surface area contributed by atoms with Gasteiger partial charge in [0, 0.05) is 11.1 Å². The number of carbonyl (C=O) groups is 2. The molecule has 19 heavy (non-hydrogen) atoms. The van der Waals surface area contributed by atoms with E-state index in [0.717, 1.165) is 25.7 Å². The fourth-order valence-corrected chi connectivity index (χ4v) is 2.54. The number of carboxylic acid groups (broad SMARTS) is 1. The molecule has 1 aliphatic carbocycles. The maximum Gasteiger partial charge on any atom is 0.307 e. The number of amides is 1. The van der Waals surface area contributed by atoms with Gasteiger partial charge in [-0.25, -0.2) is 0 Å². The minimum Gasteiger partial charge on any atom is -0.481 e. The number of carboxylic acids is 1. The number of nitrogens with one attached hydrogen (secondary N) is 1. The maximum atomic E-state index is 12.3. The summed E-state index contributed by atoms with van der Waals surface area (Å²) in [4.78, 5) is 22.9. The van der Waals surface area contributed by atoms with Crippen LogP contribution in [0, 0.1) is 5.41 Å². The van der Waals surface area contributed by atoms with E-state index < -0.39 is 5.97 Å². The van der Waals surface area contributed by atoms with Crippen molar-refractivity contribution in [1.29, 1.82) is 0 Å². The van der Waals surface area contributed by atoms with E-state index in [1.54, 1.807) is 24.3 Å². The molecule has 0 unspecified atom stereocenters. The van der Waals surface area contributed by atoms with Crippen LogP contribution >= 0.6 is 0 Å². The minimum absolute atomic E-state index is 0.0252. The van der Waals surface area contributed by atoms with Crippen LogP contribution in [0.3, 0.4) is 0 Å². The molecule has 102 valence electrons. The summed E-state index contributed by atoms with van der Waals surface area (Å²) in [5, 5.41) is 11.7. The van der Waals surface area contributed by atoms with E-state index in [1.165, 1.54) is 0 Å². The van der Waals surface area contributed by atoms with E-state index in [1.807, 2.05) is 6.92 Å². The molecule has 1 aromatic rings. The average Bonchev–Trinajstić information content (AvgIpc) is 2.27. The van der Waals surface area contributed by atoms with E-state index >= 15 is 0 Å². The van der Waals surface area contributed by atoms with Crippen molar-refractivity contribution >= 4 is 17.6 Å². The highest BCUT2D eigenvalue weighted by Crippen LogP contribution is 2.44. The number of hydrogen-bond donors (Lipinski definition) is 2. The lowest BCUT2D eigenvalue weighted by Crippen LogP contribution is -2.41. The summed E-state index contributed by atoms with van der Waals surface area (Å²) in [6.07, 6.45) is 3.84. The second kappa shape index (κ2) is 5.43. The first kappa shape index (κ1) is 13.6. The van der Waals surface area contributed by atoms with Crippen molar-refractivity contribution < 1.29 is 14.7 Å².